The molecule has 0 saturated carbocycles. The molecule has 6 heteroatoms. The second-order valence-corrected chi connectivity index (χ2v) is 5.05. The number of carbonyl (C=O) groups excluding carboxylic acids is 1. The fourth-order valence-corrected chi connectivity index (χ4v) is 1.75. The van der Waals surface area contributed by atoms with Crippen LogP contribution in [0.3, 0.4) is 0 Å². The highest BCUT2D eigenvalue weighted by atomic mass is 127. The quantitative estimate of drug-likeness (QED) is 0.406. The lowest BCUT2D eigenvalue weighted by molar-refractivity contribution is -0.120. The van der Waals surface area contributed by atoms with E-state index in [1.165, 1.54) is 5.56 Å². The molecule has 0 aliphatic rings. The number of hydrogen-bond acceptors (Lipinski definition) is 2. The second-order valence-electron chi connectivity index (χ2n) is 5.05. The highest BCUT2D eigenvalue weighted by Crippen LogP contribution is 2.00. The van der Waals surface area contributed by atoms with Crippen LogP contribution in [0.4, 0.5) is 0 Å². The summed E-state index contributed by atoms with van der Waals surface area (Å²) in [5.74, 6) is 0.868. The Morgan fingerprint density at radius 2 is 1.82 bits per heavy atom. The minimum absolute atomic E-state index is 0. The number of aliphatic imine (C=N–C) groups is 1. The number of amides is 1. The molecule has 1 aromatic rings. The molecule has 0 radical (unpaired) electrons. The Balaban J connectivity index is 0.00000441. The van der Waals surface area contributed by atoms with Gasteiger partial charge in [0.25, 0.3) is 0 Å². The summed E-state index contributed by atoms with van der Waals surface area (Å²) in [7, 11) is 3.88. The van der Waals surface area contributed by atoms with E-state index in [4.69, 9.17) is 0 Å². The first-order chi connectivity index (χ1) is 10.1. The molecule has 0 heterocycles. The lowest BCUT2D eigenvalue weighted by Crippen LogP contribution is -2.38. The van der Waals surface area contributed by atoms with Gasteiger partial charge in [0.1, 0.15) is 0 Å². The summed E-state index contributed by atoms with van der Waals surface area (Å²) in [6, 6.07) is 10.1. The number of rotatable bonds is 7. The molecule has 5 nitrogen and oxygen atoms in total. The molecule has 0 unspecified atom stereocenters. The van der Waals surface area contributed by atoms with Gasteiger partial charge >= 0.3 is 0 Å². The summed E-state index contributed by atoms with van der Waals surface area (Å²) in [5, 5.41) is 6.07. The number of nitrogens with one attached hydrogen (secondary N) is 2. The van der Waals surface area contributed by atoms with Gasteiger partial charge in [-0.1, -0.05) is 37.3 Å². The molecule has 0 fully saturated rings. The maximum absolute atomic E-state index is 11.5. The Kier molecular flexibility index (Phi) is 11.5. The highest BCUT2D eigenvalue weighted by Gasteiger charge is 2.04. The van der Waals surface area contributed by atoms with Crippen LogP contribution in [-0.2, 0) is 11.3 Å². The normalized spacial score (nSPS) is 10.6. The van der Waals surface area contributed by atoms with Crippen molar-refractivity contribution in [2.75, 3.05) is 27.2 Å². The SMILES string of the molecule is CCCNC(=O)CCNC(=NCc1ccccc1)N(C)C.I. The molecule has 1 aromatic carbocycles. The fraction of sp³-hybridized carbons (Fsp3) is 0.500. The number of halogens is 1. The maximum atomic E-state index is 11.5. The Morgan fingerprint density at radius 1 is 1.14 bits per heavy atom. The zero-order chi connectivity index (χ0) is 15.5. The van der Waals surface area contributed by atoms with E-state index in [1.807, 2.05) is 44.1 Å². The summed E-state index contributed by atoms with van der Waals surface area (Å²) >= 11 is 0. The van der Waals surface area contributed by atoms with Gasteiger partial charge in [-0.25, -0.2) is 4.99 Å². The minimum Gasteiger partial charge on any atom is -0.356 e. The largest absolute Gasteiger partial charge is 0.356 e. The maximum Gasteiger partial charge on any atom is 0.221 e. The number of benzene rings is 1. The molecule has 124 valence electrons. The van der Waals surface area contributed by atoms with Crippen LogP contribution in [0.5, 0.6) is 0 Å². The van der Waals surface area contributed by atoms with E-state index < -0.39 is 0 Å². The van der Waals surface area contributed by atoms with Crippen LogP contribution < -0.4 is 10.6 Å². The average molecular weight is 418 g/mol. The molecular formula is C16H27IN4O. The summed E-state index contributed by atoms with van der Waals surface area (Å²) in [5.41, 5.74) is 1.17. The number of nitrogens with zero attached hydrogens (tertiary/aromatic N) is 2. The monoisotopic (exact) mass is 418 g/mol. The Bertz CT molecular complexity index is 449. The third-order valence-electron chi connectivity index (χ3n) is 2.89. The molecule has 0 saturated heterocycles. The van der Waals surface area contributed by atoms with Crippen LogP contribution >= 0.6 is 24.0 Å². The Labute approximate surface area is 150 Å². The van der Waals surface area contributed by atoms with Crippen LogP contribution in [0.15, 0.2) is 35.3 Å². The van der Waals surface area contributed by atoms with Crippen molar-refractivity contribution in [1.29, 1.82) is 0 Å². The van der Waals surface area contributed by atoms with Crippen molar-refractivity contribution in [2.24, 2.45) is 4.99 Å². The Hall–Kier alpha value is -1.31. The van der Waals surface area contributed by atoms with Crippen molar-refractivity contribution in [3.63, 3.8) is 0 Å². The molecule has 0 aliphatic carbocycles. The zero-order valence-electron chi connectivity index (χ0n) is 13.6. The van der Waals surface area contributed by atoms with Gasteiger partial charge in [0.05, 0.1) is 6.54 Å². The van der Waals surface area contributed by atoms with E-state index >= 15 is 0 Å². The van der Waals surface area contributed by atoms with E-state index in [-0.39, 0.29) is 29.9 Å². The lowest BCUT2D eigenvalue weighted by atomic mass is 10.2. The van der Waals surface area contributed by atoms with Crippen molar-refractivity contribution < 1.29 is 4.79 Å². The van der Waals surface area contributed by atoms with Gasteiger partial charge in [-0.15, -0.1) is 24.0 Å². The molecule has 0 spiro atoms. The van der Waals surface area contributed by atoms with Gasteiger partial charge in [-0.2, -0.15) is 0 Å². The summed E-state index contributed by atoms with van der Waals surface area (Å²) in [4.78, 5) is 18.0. The topological polar surface area (TPSA) is 56.7 Å². The molecule has 1 amide bonds. The smallest absolute Gasteiger partial charge is 0.221 e. The van der Waals surface area contributed by atoms with Crippen molar-refractivity contribution in [3.05, 3.63) is 35.9 Å². The molecule has 0 aromatic heterocycles. The van der Waals surface area contributed by atoms with E-state index in [0.29, 0.717) is 19.5 Å². The molecule has 1 rings (SSSR count). The van der Waals surface area contributed by atoms with Gasteiger partial charge < -0.3 is 15.5 Å². The van der Waals surface area contributed by atoms with Crippen LogP contribution in [0, 0.1) is 0 Å². The predicted octanol–water partition coefficient (Wildman–Crippen LogP) is 2.23. The first kappa shape index (κ1) is 20.7. The summed E-state index contributed by atoms with van der Waals surface area (Å²) < 4.78 is 0. The van der Waals surface area contributed by atoms with Crippen LogP contribution in [-0.4, -0.2) is 44.0 Å². The average Bonchev–Trinajstić information content (AvgIpc) is 2.49. The first-order valence-corrected chi connectivity index (χ1v) is 7.39. The molecule has 0 aliphatic heterocycles. The highest BCUT2D eigenvalue weighted by molar-refractivity contribution is 14.0. The van der Waals surface area contributed by atoms with Gasteiger partial charge in [-0.05, 0) is 12.0 Å². The number of guanidine groups is 1. The molecular weight excluding hydrogens is 391 g/mol. The van der Waals surface area contributed by atoms with Gasteiger partial charge in [0.15, 0.2) is 5.96 Å². The zero-order valence-corrected chi connectivity index (χ0v) is 16.0. The van der Waals surface area contributed by atoms with E-state index in [2.05, 4.69) is 27.8 Å². The van der Waals surface area contributed by atoms with Gasteiger partial charge in [0.2, 0.25) is 5.91 Å². The van der Waals surface area contributed by atoms with E-state index in [1.54, 1.807) is 0 Å². The van der Waals surface area contributed by atoms with E-state index in [0.717, 1.165) is 18.9 Å². The third kappa shape index (κ3) is 8.86. The molecule has 0 bridgehead atoms. The first-order valence-electron chi connectivity index (χ1n) is 7.39. The fourth-order valence-electron chi connectivity index (χ4n) is 1.75. The van der Waals surface area contributed by atoms with Crippen LogP contribution in [0.25, 0.3) is 0 Å². The lowest BCUT2D eigenvalue weighted by Gasteiger charge is -2.17. The van der Waals surface area contributed by atoms with Crippen molar-refractivity contribution in [2.45, 2.75) is 26.3 Å². The van der Waals surface area contributed by atoms with E-state index in [9.17, 15) is 4.79 Å². The minimum atomic E-state index is 0. The van der Waals surface area contributed by atoms with Crippen LogP contribution in [0.2, 0.25) is 0 Å². The summed E-state index contributed by atoms with van der Waals surface area (Å²) in [6.45, 7) is 3.99. The summed E-state index contributed by atoms with van der Waals surface area (Å²) in [6.07, 6.45) is 1.42. The van der Waals surface area contributed by atoms with Crippen LogP contribution in [0.1, 0.15) is 25.3 Å². The number of carbonyl (C=O) groups is 1. The van der Waals surface area contributed by atoms with Crippen molar-refractivity contribution >= 4 is 35.8 Å². The third-order valence-corrected chi connectivity index (χ3v) is 2.89. The standard InChI is InChI=1S/C16H26N4O.HI/c1-4-11-17-15(21)10-12-18-16(20(2)3)19-13-14-8-6-5-7-9-14;/h5-9H,4,10-13H2,1-3H3,(H,17,21)(H,18,19);1H. The van der Waals surface area contributed by atoms with Gasteiger partial charge in [0, 0.05) is 33.6 Å². The molecule has 22 heavy (non-hydrogen) atoms. The Morgan fingerprint density at radius 3 is 2.41 bits per heavy atom. The number of hydrogen-bond donors (Lipinski definition) is 2. The van der Waals surface area contributed by atoms with Gasteiger partial charge in [-0.3, -0.25) is 4.79 Å². The predicted molar refractivity (Wildman–Crippen MR) is 103 cm³/mol. The van der Waals surface area contributed by atoms with Crippen molar-refractivity contribution in [3.8, 4) is 0 Å². The van der Waals surface area contributed by atoms with Crippen molar-refractivity contribution in [1.82, 2.24) is 15.5 Å². The second kappa shape index (κ2) is 12.3. The molecule has 0 atom stereocenters. The molecule has 2 N–H and O–H groups in total.